The highest BCUT2D eigenvalue weighted by molar-refractivity contribution is 5.76. The number of ether oxygens (including phenoxy) is 1. The van der Waals surface area contributed by atoms with E-state index >= 15 is 0 Å². The van der Waals surface area contributed by atoms with E-state index in [1.165, 1.54) is 6.20 Å². The van der Waals surface area contributed by atoms with Gasteiger partial charge in [-0.2, -0.15) is 18.3 Å². The average Bonchev–Trinajstić information content (AvgIpc) is 2.87. The molecule has 0 bridgehead atoms. The van der Waals surface area contributed by atoms with Crippen molar-refractivity contribution in [3.8, 4) is 0 Å². The van der Waals surface area contributed by atoms with Crippen molar-refractivity contribution in [2.24, 2.45) is 0 Å². The fraction of sp³-hybridized carbons (Fsp3) is 0.667. The smallest absolute Gasteiger partial charge is 0.375 e. The number of hydrogen-bond donors (Lipinski definition) is 0. The summed E-state index contributed by atoms with van der Waals surface area (Å²) >= 11 is 0. The number of alkyl halides is 3. The predicted molar refractivity (Wildman–Crippen MR) is 63.8 cm³/mol. The highest BCUT2D eigenvalue weighted by atomic mass is 19.4. The van der Waals surface area contributed by atoms with E-state index in [1.54, 1.807) is 4.90 Å². The second-order valence-corrected chi connectivity index (χ2v) is 4.64. The number of aromatic nitrogens is 2. The molecule has 1 amide bonds. The summed E-state index contributed by atoms with van der Waals surface area (Å²) < 4.78 is 43.7. The van der Waals surface area contributed by atoms with Gasteiger partial charge in [0.15, 0.2) is 5.69 Å². The second kappa shape index (κ2) is 5.82. The van der Waals surface area contributed by atoms with E-state index in [9.17, 15) is 18.0 Å². The van der Waals surface area contributed by atoms with Crippen molar-refractivity contribution in [3.63, 3.8) is 0 Å². The van der Waals surface area contributed by atoms with Gasteiger partial charge in [0.25, 0.3) is 0 Å². The molecule has 1 aliphatic rings. The van der Waals surface area contributed by atoms with Gasteiger partial charge in [-0.1, -0.05) is 6.92 Å². The first-order valence-corrected chi connectivity index (χ1v) is 6.40. The van der Waals surface area contributed by atoms with Crippen LogP contribution >= 0.6 is 0 Å². The lowest BCUT2D eigenvalue weighted by molar-refractivity contribution is -0.143. The van der Waals surface area contributed by atoms with Crippen molar-refractivity contribution in [2.75, 3.05) is 19.7 Å². The Hall–Kier alpha value is -1.57. The van der Waals surface area contributed by atoms with E-state index in [4.69, 9.17) is 4.74 Å². The molecule has 1 aromatic rings. The molecule has 1 saturated heterocycles. The van der Waals surface area contributed by atoms with E-state index in [1.807, 2.05) is 6.92 Å². The van der Waals surface area contributed by atoms with Gasteiger partial charge in [-0.05, 0) is 12.5 Å². The number of morpholine rings is 1. The van der Waals surface area contributed by atoms with E-state index < -0.39 is 11.9 Å². The first-order chi connectivity index (χ1) is 9.40. The molecule has 5 nitrogen and oxygen atoms in total. The molecule has 0 aromatic carbocycles. The molecule has 8 heteroatoms. The third-order valence-corrected chi connectivity index (χ3v) is 3.18. The Kier molecular flexibility index (Phi) is 4.32. The van der Waals surface area contributed by atoms with Gasteiger partial charge in [-0.25, -0.2) is 0 Å². The van der Waals surface area contributed by atoms with Crippen LogP contribution in [-0.2, 0) is 22.3 Å². The van der Waals surface area contributed by atoms with Gasteiger partial charge in [-0.3, -0.25) is 9.48 Å². The molecule has 112 valence electrons. The highest BCUT2D eigenvalue weighted by Crippen LogP contribution is 2.27. The fourth-order valence-corrected chi connectivity index (χ4v) is 2.03. The monoisotopic (exact) mass is 291 g/mol. The summed E-state index contributed by atoms with van der Waals surface area (Å²) in [6, 6.07) is 0.863. The zero-order chi connectivity index (χ0) is 14.8. The molecular weight excluding hydrogens is 275 g/mol. The van der Waals surface area contributed by atoms with Gasteiger partial charge in [0, 0.05) is 19.3 Å². The number of nitrogens with zero attached hydrogens (tertiary/aromatic N) is 3. The van der Waals surface area contributed by atoms with Gasteiger partial charge in [0.2, 0.25) is 5.91 Å². The van der Waals surface area contributed by atoms with Crippen LogP contribution in [0.25, 0.3) is 0 Å². The third-order valence-electron chi connectivity index (χ3n) is 3.18. The third kappa shape index (κ3) is 3.50. The number of hydrogen-bond acceptors (Lipinski definition) is 3. The SMILES string of the molecule is CC[C@@H]1CN(C(=O)Cn2ccc(C(F)(F)F)n2)CCO1. The highest BCUT2D eigenvalue weighted by Gasteiger charge is 2.33. The minimum atomic E-state index is -4.49. The lowest BCUT2D eigenvalue weighted by atomic mass is 10.2. The van der Waals surface area contributed by atoms with Crippen molar-refractivity contribution < 1.29 is 22.7 Å². The number of carbonyl (C=O) groups excluding carboxylic acids is 1. The van der Waals surface area contributed by atoms with E-state index in [2.05, 4.69) is 5.10 Å². The number of rotatable bonds is 3. The molecule has 0 spiro atoms. The van der Waals surface area contributed by atoms with Crippen LogP contribution < -0.4 is 0 Å². The Balaban J connectivity index is 1.96. The van der Waals surface area contributed by atoms with E-state index in [0.717, 1.165) is 17.2 Å². The van der Waals surface area contributed by atoms with Crippen molar-refractivity contribution in [2.45, 2.75) is 32.2 Å². The van der Waals surface area contributed by atoms with Crippen molar-refractivity contribution in [1.82, 2.24) is 14.7 Å². The molecule has 2 heterocycles. The van der Waals surface area contributed by atoms with Crippen LogP contribution in [0, 0.1) is 0 Å². The normalized spacial score (nSPS) is 20.2. The molecule has 20 heavy (non-hydrogen) atoms. The fourth-order valence-electron chi connectivity index (χ4n) is 2.03. The lowest BCUT2D eigenvalue weighted by Crippen LogP contribution is -2.46. The second-order valence-electron chi connectivity index (χ2n) is 4.64. The average molecular weight is 291 g/mol. The number of halogens is 3. The Morgan fingerprint density at radius 3 is 2.90 bits per heavy atom. The van der Waals surface area contributed by atoms with Gasteiger partial charge >= 0.3 is 6.18 Å². The summed E-state index contributed by atoms with van der Waals surface area (Å²) in [6.07, 6.45) is -2.53. The molecule has 1 aliphatic heterocycles. The minimum absolute atomic E-state index is 0.00365. The summed E-state index contributed by atoms with van der Waals surface area (Å²) in [5.74, 6) is -0.247. The van der Waals surface area contributed by atoms with Gasteiger partial charge in [-0.15, -0.1) is 0 Å². The van der Waals surface area contributed by atoms with Crippen LogP contribution in [0.4, 0.5) is 13.2 Å². The largest absolute Gasteiger partial charge is 0.435 e. The van der Waals surface area contributed by atoms with Crippen LogP contribution in [0.3, 0.4) is 0 Å². The maximum absolute atomic E-state index is 12.4. The number of carbonyl (C=O) groups is 1. The van der Waals surface area contributed by atoms with Gasteiger partial charge in [0.1, 0.15) is 6.54 Å². The Morgan fingerprint density at radius 1 is 1.55 bits per heavy atom. The standard InChI is InChI=1S/C12H16F3N3O2/c1-2-9-7-17(5-6-20-9)11(19)8-18-4-3-10(16-18)12(13,14)15/h3-4,9H,2,5-8H2,1H3/t9-/m1/s1. The van der Waals surface area contributed by atoms with Crippen molar-refractivity contribution >= 4 is 5.91 Å². The topological polar surface area (TPSA) is 47.4 Å². The molecule has 0 radical (unpaired) electrons. The van der Waals surface area contributed by atoms with Crippen LogP contribution in [0.15, 0.2) is 12.3 Å². The van der Waals surface area contributed by atoms with Crippen molar-refractivity contribution in [1.29, 1.82) is 0 Å². The summed E-state index contributed by atoms with van der Waals surface area (Å²) in [6.45, 7) is 3.16. The van der Waals surface area contributed by atoms with Crippen LogP contribution in [-0.4, -0.2) is 46.4 Å². The Morgan fingerprint density at radius 2 is 2.30 bits per heavy atom. The summed E-state index contributed by atoms with van der Waals surface area (Å²) in [4.78, 5) is 13.6. The maximum atomic E-state index is 12.4. The van der Waals surface area contributed by atoms with E-state index in [0.29, 0.717) is 19.7 Å². The van der Waals surface area contributed by atoms with E-state index in [-0.39, 0.29) is 18.6 Å². The van der Waals surface area contributed by atoms with Crippen LogP contribution in [0.5, 0.6) is 0 Å². The lowest BCUT2D eigenvalue weighted by Gasteiger charge is -2.32. The number of amides is 1. The first kappa shape index (κ1) is 14.8. The molecule has 0 saturated carbocycles. The molecule has 0 N–H and O–H groups in total. The van der Waals surface area contributed by atoms with Crippen molar-refractivity contribution in [3.05, 3.63) is 18.0 Å². The van der Waals surface area contributed by atoms with Gasteiger partial charge < -0.3 is 9.64 Å². The predicted octanol–water partition coefficient (Wildman–Crippen LogP) is 1.54. The molecule has 2 rings (SSSR count). The molecule has 0 unspecified atom stereocenters. The maximum Gasteiger partial charge on any atom is 0.435 e. The van der Waals surface area contributed by atoms with Crippen LogP contribution in [0.1, 0.15) is 19.0 Å². The zero-order valence-electron chi connectivity index (χ0n) is 11.1. The molecule has 1 aromatic heterocycles. The van der Waals surface area contributed by atoms with Gasteiger partial charge in [0.05, 0.1) is 12.7 Å². The minimum Gasteiger partial charge on any atom is -0.375 e. The first-order valence-electron chi connectivity index (χ1n) is 6.40. The Bertz CT molecular complexity index is 473. The zero-order valence-corrected chi connectivity index (χ0v) is 11.1. The quantitative estimate of drug-likeness (QED) is 0.848. The summed E-state index contributed by atoms with van der Waals surface area (Å²) in [7, 11) is 0. The van der Waals surface area contributed by atoms with Crippen LogP contribution in [0.2, 0.25) is 0 Å². The molecule has 1 atom stereocenters. The molecule has 0 aliphatic carbocycles. The molecular formula is C12H16F3N3O2. The summed E-state index contributed by atoms with van der Waals surface area (Å²) in [5.41, 5.74) is -0.987. The molecule has 1 fully saturated rings. The Labute approximate surface area is 114 Å². The summed E-state index contributed by atoms with van der Waals surface area (Å²) in [5, 5.41) is 3.37.